The minimum atomic E-state index is -0.473. The number of aryl methyl sites for hydroxylation is 1. The predicted octanol–water partition coefficient (Wildman–Crippen LogP) is 2.86. The molecule has 0 saturated carbocycles. The number of carbonyl (C=O) groups is 1. The molecular formula is C18H16FN3O2. The molecule has 5 nitrogen and oxygen atoms in total. The van der Waals surface area contributed by atoms with E-state index in [0.717, 1.165) is 11.3 Å². The second-order valence-corrected chi connectivity index (χ2v) is 5.67. The molecule has 0 aliphatic rings. The highest BCUT2D eigenvalue weighted by atomic mass is 19.1. The van der Waals surface area contributed by atoms with Gasteiger partial charge < -0.3 is 10.3 Å². The van der Waals surface area contributed by atoms with Crippen LogP contribution in [0, 0.1) is 12.7 Å². The average molecular weight is 325 g/mol. The number of benzene rings is 1. The molecule has 0 saturated heterocycles. The van der Waals surface area contributed by atoms with Gasteiger partial charge >= 0.3 is 0 Å². The van der Waals surface area contributed by atoms with Crippen molar-refractivity contribution in [3.05, 3.63) is 75.6 Å². The number of aromatic nitrogens is 2. The van der Waals surface area contributed by atoms with Crippen LogP contribution >= 0.6 is 0 Å². The van der Waals surface area contributed by atoms with Crippen LogP contribution in [0.1, 0.15) is 34.6 Å². The second kappa shape index (κ2) is 6.23. The van der Waals surface area contributed by atoms with Gasteiger partial charge in [0.25, 0.3) is 5.91 Å². The molecule has 0 aliphatic heterocycles. The van der Waals surface area contributed by atoms with Gasteiger partial charge in [0.1, 0.15) is 5.82 Å². The van der Waals surface area contributed by atoms with Crippen molar-refractivity contribution in [1.82, 2.24) is 15.3 Å². The van der Waals surface area contributed by atoms with E-state index in [9.17, 15) is 14.0 Å². The summed E-state index contributed by atoms with van der Waals surface area (Å²) in [7, 11) is 0. The summed E-state index contributed by atoms with van der Waals surface area (Å²) in [5.41, 5.74) is 1.87. The first kappa shape index (κ1) is 15.9. The van der Waals surface area contributed by atoms with Crippen molar-refractivity contribution in [2.75, 3.05) is 0 Å². The van der Waals surface area contributed by atoms with Gasteiger partial charge in [-0.1, -0.05) is 6.07 Å². The third kappa shape index (κ3) is 3.17. The van der Waals surface area contributed by atoms with Crippen LogP contribution in [0.2, 0.25) is 0 Å². The van der Waals surface area contributed by atoms with Gasteiger partial charge in [-0.25, -0.2) is 4.39 Å². The summed E-state index contributed by atoms with van der Waals surface area (Å²) in [6.45, 7) is 3.70. The number of aromatic amines is 1. The standard InChI is InChI=1S/C18H16FN3O2/c1-10-3-4-12(9-20-10)11(2)21-18(24)15-8-17(23)22-16-6-5-13(19)7-14(15)16/h3-9,11H,1-2H3,(H,21,24)(H,22,23)/t11-/m0/s1. The third-order valence-electron chi connectivity index (χ3n) is 3.83. The van der Waals surface area contributed by atoms with E-state index in [1.165, 1.54) is 24.3 Å². The van der Waals surface area contributed by atoms with Gasteiger partial charge in [-0.3, -0.25) is 14.6 Å². The largest absolute Gasteiger partial charge is 0.345 e. The third-order valence-corrected chi connectivity index (χ3v) is 3.83. The first-order chi connectivity index (χ1) is 11.4. The molecule has 122 valence electrons. The highest BCUT2D eigenvalue weighted by Crippen LogP contribution is 2.18. The number of nitrogens with one attached hydrogen (secondary N) is 2. The van der Waals surface area contributed by atoms with E-state index in [2.05, 4.69) is 15.3 Å². The maximum Gasteiger partial charge on any atom is 0.252 e. The highest BCUT2D eigenvalue weighted by molar-refractivity contribution is 6.06. The van der Waals surface area contributed by atoms with Gasteiger partial charge in [0.05, 0.1) is 11.6 Å². The molecule has 6 heteroatoms. The maximum absolute atomic E-state index is 13.5. The summed E-state index contributed by atoms with van der Waals surface area (Å²) in [5, 5.41) is 3.18. The van der Waals surface area contributed by atoms with E-state index >= 15 is 0 Å². The van der Waals surface area contributed by atoms with Crippen molar-refractivity contribution in [1.29, 1.82) is 0 Å². The minimum absolute atomic E-state index is 0.139. The Hall–Kier alpha value is -3.02. The second-order valence-electron chi connectivity index (χ2n) is 5.67. The highest BCUT2D eigenvalue weighted by Gasteiger charge is 2.16. The van der Waals surface area contributed by atoms with Crippen LogP contribution in [0.5, 0.6) is 0 Å². The molecule has 1 amide bonds. The molecule has 1 atom stereocenters. The smallest absolute Gasteiger partial charge is 0.252 e. The molecular weight excluding hydrogens is 309 g/mol. The van der Waals surface area contributed by atoms with Crippen LogP contribution in [-0.4, -0.2) is 15.9 Å². The van der Waals surface area contributed by atoms with Gasteiger partial charge in [0, 0.05) is 28.9 Å². The van der Waals surface area contributed by atoms with Crippen molar-refractivity contribution in [2.24, 2.45) is 0 Å². The summed E-state index contributed by atoms with van der Waals surface area (Å²) in [5.74, 6) is -0.913. The molecule has 2 aromatic heterocycles. The zero-order valence-electron chi connectivity index (χ0n) is 13.3. The Morgan fingerprint density at radius 1 is 1.25 bits per heavy atom. The van der Waals surface area contributed by atoms with Gasteiger partial charge in [0.15, 0.2) is 0 Å². The van der Waals surface area contributed by atoms with Crippen molar-refractivity contribution in [2.45, 2.75) is 19.9 Å². The van der Waals surface area contributed by atoms with Gasteiger partial charge in [-0.15, -0.1) is 0 Å². The maximum atomic E-state index is 13.5. The number of hydrogen-bond donors (Lipinski definition) is 2. The number of H-pyrrole nitrogens is 1. The SMILES string of the molecule is Cc1ccc([C@H](C)NC(=O)c2cc(=O)[nH]c3ccc(F)cc23)cn1. The van der Waals surface area contributed by atoms with Crippen LogP contribution in [-0.2, 0) is 0 Å². The fraction of sp³-hybridized carbons (Fsp3) is 0.167. The zero-order valence-corrected chi connectivity index (χ0v) is 13.3. The summed E-state index contributed by atoms with van der Waals surface area (Å²) >= 11 is 0. The quantitative estimate of drug-likeness (QED) is 0.777. The summed E-state index contributed by atoms with van der Waals surface area (Å²) in [6.07, 6.45) is 1.69. The van der Waals surface area contributed by atoms with Crippen LogP contribution in [0.15, 0.2) is 47.4 Å². The Balaban J connectivity index is 1.95. The lowest BCUT2D eigenvalue weighted by Gasteiger charge is -2.15. The number of fused-ring (bicyclic) bond motifs is 1. The van der Waals surface area contributed by atoms with E-state index < -0.39 is 17.3 Å². The van der Waals surface area contributed by atoms with E-state index in [0.29, 0.717) is 10.9 Å². The number of rotatable bonds is 3. The Bertz CT molecular complexity index is 964. The van der Waals surface area contributed by atoms with Crippen molar-refractivity contribution in [3.8, 4) is 0 Å². The van der Waals surface area contributed by atoms with Gasteiger partial charge in [-0.05, 0) is 43.7 Å². The van der Waals surface area contributed by atoms with Crippen molar-refractivity contribution < 1.29 is 9.18 Å². The minimum Gasteiger partial charge on any atom is -0.345 e. The lowest BCUT2D eigenvalue weighted by atomic mass is 10.1. The molecule has 24 heavy (non-hydrogen) atoms. The Morgan fingerprint density at radius 3 is 2.75 bits per heavy atom. The van der Waals surface area contributed by atoms with E-state index in [1.54, 1.807) is 6.20 Å². The molecule has 2 N–H and O–H groups in total. The fourth-order valence-electron chi connectivity index (χ4n) is 2.51. The topological polar surface area (TPSA) is 74.8 Å². The molecule has 0 radical (unpaired) electrons. The van der Waals surface area contributed by atoms with Gasteiger partial charge in [0.2, 0.25) is 5.56 Å². The van der Waals surface area contributed by atoms with E-state index in [1.807, 2.05) is 26.0 Å². The normalized spacial score (nSPS) is 12.1. The van der Waals surface area contributed by atoms with Crippen LogP contribution < -0.4 is 10.9 Å². The molecule has 2 heterocycles. The first-order valence-electron chi connectivity index (χ1n) is 7.50. The Kier molecular flexibility index (Phi) is 4.12. The zero-order chi connectivity index (χ0) is 17.3. The summed E-state index contributed by atoms with van der Waals surface area (Å²) < 4.78 is 13.5. The number of hydrogen-bond acceptors (Lipinski definition) is 3. The lowest BCUT2D eigenvalue weighted by Crippen LogP contribution is -2.28. The van der Waals surface area contributed by atoms with E-state index in [4.69, 9.17) is 0 Å². The summed E-state index contributed by atoms with van der Waals surface area (Å²) in [6, 6.07) is 8.53. The van der Waals surface area contributed by atoms with E-state index in [-0.39, 0.29) is 11.6 Å². The molecule has 0 bridgehead atoms. The Labute approximate surface area is 137 Å². The number of halogens is 1. The molecule has 0 aliphatic carbocycles. The van der Waals surface area contributed by atoms with Crippen LogP contribution in [0.3, 0.4) is 0 Å². The van der Waals surface area contributed by atoms with Crippen LogP contribution in [0.25, 0.3) is 10.9 Å². The molecule has 0 unspecified atom stereocenters. The monoisotopic (exact) mass is 325 g/mol. The number of nitrogens with zero attached hydrogens (tertiary/aromatic N) is 1. The number of carbonyl (C=O) groups excluding carboxylic acids is 1. The van der Waals surface area contributed by atoms with Crippen LogP contribution in [0.4, 0.5) is 4.39 Å². The molecule has 0 spiro atoms. The average Bonchev–Trinajstić information content (AvgIpc) is 2.55. The van der Waals surface area contributed by atoms with Crippen molar-refractivity contribution >= 4 is 16.8 Å². The first-order valence-corrected chi connectivity index (χ1v) is 7.50. The predicted molar refractivity (Wildman–Crippen MR) is 89.4 cm³/mol. The lowest BCUT2D eigenvalue weighted by molar-refractivity contribution is 0.0941. The Morgan fingerprint density at radius 2 is 2.04 bits per heavy atom. The molecule has 3 aromatic rings. The molecule has 0 fully saturated rings. The molecule has 1 aromatic carbocycles. The number of amides is 1. The van der Waals surface area contributed by atoms with Crippen molar-refractivity contribution in [3.63, 3.8) is 0 Å². The fourth-order valence-corrected chi connectivity index (χ4v) is 2.51. The molecule has 3 rings (SSSR count). The van der Waals surface area contributed by atoms with Gasteiger partial charge in [-0.2, -0.15) is 0 Å². The number of pyridine rings is 2. The summed E-state index contributed by atoms with van der Waals surface area (Å²) in [4.78, 5) is 31.1.